The van der Waals surface area contributed by atoms with Crippen LogP contribution >= 0.6 is 15.9 Å². The minimum atomic E-state index is 0.312. The van der Waals surface area contributed by atoms with Gasteiger partial charge in [-0.25, -0.2) is 15.0 Å². The van der Waals surface area contributed by atoms with Crippen molar-refractivity contribution in [2.24, 2.45) is 0 Å². The largest absolute Gasteiger partial charge is 0.208 e. The second kappa shape index (κ2) is 12.1. The predicted molar refractivity (Wildman–Crippen MR) is 180 cm³/mol. The van der Waals surface area contributed by atoms with Gasteiger partial charge in [-0.1, -0.05) is 137 Å². The first-order chi connectivity index (χ1) is 21.2. The maximum atomic E-state index is 5.07. The molecule has 7 rings (SSSR count). The van der Waals surface area contributed by atoms with Crippen LogP contribution in [0.4, 0.5) is 0 Å². The van der Waals surface area contributed by atoms with Crippen LogP contribution < -0.4 is 0 Å². The third kappa shape index (κ3) is 6.01. The fourth-order valence-electron chi connectivity index (χ4n) is 5.48. The van der Waals surface area contributed by atoms with Crippen molar-refractivity contribution >= 4 is 15.9 Å². The zero-order chi connectivity index (χ0) is 29.0. The molecule has 1 heterocycles. The molecule has 43 heavy (non-hydrogen) atoms. The van der Waals surface area contributed by atoms with Crippen molar-refractivity contribution in [2.75, 3.05) is 0 Å². The normalized spacial score (nSPS) is 14.1. The number of nitrogens with zero attached hydrogens (tertiary/aromatic N) is 3. The molecule has 0 aliphatic heterocycles. The molecule has 3 nitrogen and oxygen atoms in total. The van der Waals surface area contributed by atoms with E-state index in [0.29, 0.717) is 23.4 Å². The van der Waals surface area contributed by atoms with Gasteiger partial charge in [0.25, 0.3) is 0 Å². The molecule has 6 aromatic rings. The minimum Gasteiger partial charge on any atom is -0.208 e. The Morgan fingerprint density at radius 3 is 1.51 bits per heavy atom. The van der Waals surface area contributed by atoms with Crippen LogP contribution in [0.15, 0.2) is 156 Å². The highest BCUT2D eigenvalue weighted by molar-refractivity contribution is 9.10. The molecule has 1 aliphatic carbocycles. The number of hydrogen-bond donors (Lipinski definition) is 0. The van der Waals surface area contributed by atoms with E-state index in [2.05, 4.69) is 155 Å². The summed E-state index contributed by atoms with van der Waals surface area (Å²) >= 11 is 3.76. The van der Waals surface area contributed by atoms with Crippen LogP contribution in [-0.2, 0) is 0 Å². The second-order valence-corrected chi connectivity index (χ2v) is 11.5. The van der Waals surface area contributed by atoms with E-state index in [-0.39, 0.29) is 0 Å². The van der Waals surface area contributed by atoms with Crippen LogP contribution in [0.25, 0.3) is 56.4 Å². The molecular weight excluding hydrogens is 590 g/mol. The quantitative estimate of drug-likeness (QED) is 0.186. The molecule has 0 radical (unpaired) electrons. The maximum absolute atomic E-state index is 5.07. The average Bonchev–Trinajstić information content (AvgIpc) is 3.09. The summed E-state index contributed by atoms with van der Waals surface area (Å²) in [5.74, 6) is 2.25. The molecule has 0 N–H and O–H groups in total. The number of hydrogen-bond acceptors (Lipinski definition) is 3. The SMILES string of the molecule is Brc1cc(-c2nc(-c3cccc(-c4ccccc4)c3)nc(-c3cccc(-c4ccccc4)c3)n2)cc(C2C=CC=CC2)c1. The van der Waals surface area contributed by atoms with Crippen LogP contribution in [-0.4, -0.2) is 15.0 Å². The summed E-state index contributed by atoms with van der Waals surface area (Å²) in [7, 11) is 0. The van der Waals surface area contributed by atoms with Gasteiger partial charge in [-0.15, -0.1) is 0 Å². The Morgan fingerprint density at radius 1 is 0.465 bits per heavy atom. The molecular formula is C39H28BrN3. The highest BCUT2D eigenvalue weighted by atomic mass is 79.9. The highest BCUT2D eigenvalue weighted by Gasteiger charge is 2.17. The summed E-state index contributed by atoms with van der Waals surface area (Å²) < 4.78 is 1.00. The van der Waals surface area contributed by atoms with Crippen molar-refractivity contribution in [1.82, 2.24) is 15.0 Å². The van der Waals surface area contributed by atoms with Crippen molar-refractivity contribution in [3.63, 3.8) is 0 Å². The fourth-order valence-corrected chi connectivity index (χ4v) is 5.99. The summed E-state index contributed by atoms with van der Waals surface area (Å²) in [4.78, 5) is 15.2. The molecule has 1 atom stereocenters. The topological polar surface area (TPSA) is 38.7 Å². The van der Waals surface area contributed by atoms with E-state index in [1.165, 1.54) is 5.56 Å². The Hall–Kier alpha value is -4.93. The Labute approximate surface area is 260 Å². The van der Waals surface area contributed by atoms with Crippen molar-refractivity contribution in [1.29, 1.82) is 0 Å². The predicted octanol–water partition coefficient (Wildman–Crippen LogP) is 10.6. The first-order valence-corrected chi connectivity index (χ1v) is 15.2. The van der Waals surface area contributed by atoms with E-state index in [9.17, 15) is 0 Å². The summed E-state index contributed by atoms with van der Waals surface area (Å²) in [5, 5.41) is 0. The molecule has 1 aliphatic rings. The number of rotatable bonds is 6. The molecule has 5 aromatic carbocycles. The van der Waals surface area contributed by atoms with Gasteiger partial charge < -0.3 is 0 Å². The Balaban J connectivity index is 1.38. The van der Waals surface area contributed by atoms with Gasteiger partial charge in [0, 0.05) is 27.1 Å². The number of aromatic nitrogens is 3. The van der Waals surface area contributed by atoms with E-state index in [1.54, 1.807) is 0 Å². The fraction of sp³-hybridized carbons (Fsp3) is 0.0513. The molecule has 0 fully saturated rings. The highest BCUT2D eigenvalue weighted by Crippen LogP contribution is 2.34. The van der Waals surface area contributed by atoms with Crippen molar-refractivity contribution < 1.29 is 0 Å². The Kier molecular flexibility index (Phi) is 7.60. The lowest BCUT2D eigenvalue weighted by atomic mass is 9.91. The van der Waals surface area contributed by atoms with E-state index in [1.807, 2.05) is 12.1 Å². The zero-order valence-corrected chi connectivity index (χ0v) is 25.0. The molecule has 0 amide bonds. The molecule has 206 valence electrons. The molecule has 4 heteroatoms. The van der Waals surface area contributed by atoms with E-state index in [0.717, 1.165) is 49.8 Å². The number of benzene rings is 5. The van der Waals surface area contributed by atoms with E-state index >= 15 is 0 Å². The van der Waals surface area contributed by atoms with Crippen LogP contribution in [0, 0.1) is 0 Å². The van der Waals surface area contributed by atoms with Gasteiger partial charge >= 0.3 is 0 Å². The molecule has 0 saturated heterocycles. The first kappa shape index (κ1) is 26.9. The average molecular weight is 619 g/mol. The Bertz CT molecular complexity index is 1860. The Morgan fingerprint density at radius 2 is 0.977 bits per heavy atom. The zero-order valence-electron chi connectivity index (χ0n) is 23.4. The molecule has 0 bridgehead atoms. The maximum Gasteiger partial charge on any atom is 0.164 e. The smallest absolute Gasteiger partial charge is 0.164 e. The van der Waals surface area contributed by atoms with Crippen molar-refractivity contribution in [3.8, 4) is 56.4 Å². The summed E-state index contributed by atoms with van der Waals surface area (Å²) in [6.07, 6.45) is 9.66. The summed E-state index contributed by atoms with van der Waals surface area (Å²) in [5.41, 5.74) is 8.62. The molecule has 0 saturated carbocycles. The van der Waals surface area contributed by atoms with Crippen molar-refractivity contribution in [2.45, 2.75) is 12.3 Å². The molecule has 1 unspecified atom stereocenters. The summed E-state index contributed by atoms with van der Waals surface area (Å²) in [6, 6.07) is 44.1. The van der Waals surface area contributed by atoms with Gasteiger partial charge in [-0.2, -0.15) is 0 Å². The van der Waals surface area contributed by atoms with Gasteiger partial charge in [0.2, 0.25) is 0 Å². The van der Waals surface area contributed by atoms with Crippen LogP contribution in [0.2, 0.25) is 0 Å². The van der Waals surface area contributed by atoms with E-state index < -0.39 is 0 Å². The van der Waals surface area contributed by atoms with E-state index in [4.69, 9.17) is 15.0 Å². The first-order valence-electron chi connectivity index (χ1n) is 14.4. The third-order valence-corrected chi connectivity index (χ3v) is 8.14. The second-order valence-electron chi connectivity index (χ2n) is 10.6. The van der Waals surface area contributed by atoms with Gasteiger partial charge in [-0.3, -0.25) is 0 Å². The standard InChI is InChI=1S/C39H28BrN3/c40-36-25-34(29-16-8-3-9-17-29)24-35(26-36)39-42-37(32-20-10-18-30(22-32)27-12-4-1-5-13-27)41-38(43-39)33-21-11-19-31(23-33)28-14-6-2-7-15-28/h1-16,18-26,29H,17H2. The molecule has 0 spiro atoms. The lowest BCUT2D eigenvalue weighted by molar-refractivity contribution is 0.853. The van der Waals surface area contributed by atoms with Crippen LogP contribution in [0.5, 0.6) is 0 Å². The van der Waals surface area contributed by atoms with Gasteiger partial charge in [0.1, 0.15) is 0 Å². The molecule has 1 aromatic heterocycles. The van der Waals surface area contributed by atoms with Crippen LogP contribution in [0.1, 0.15) is 17.9 Å². The third-order valence-electron chi connectivity index (χ3n) is 7.68. The van der Waals surface area contributed by atoms with Crippen LogP contribution in [0.3, 0.4) is 0 Å². The minimum absolute atomic E-state index is 0.312. The number of halogens is 1. The summed E-state index contributed by atoms with van der Waals surface area (Å²) in [6.45, 7) is 0. The number of allylic oxidation sites excluding steroid dienone is 4. The van der Waals surface area contributed by atoms with Gasteiger partial charge in [0.05, 0.1) is 0 Å². The lowest BCUT2D eigenvalue weighted by Gasteiger charge is -2.16. The van der Waals surface area contributed by atoms with Crippen molar-refractivity contribution in [3.05, 3.63) is 162 Å². The van der Waals surface area contributed by atoms with Gasteiger partial charge in [0.15, 0.2) is 17.5 Å². The monoisotopic (exact) mass is 617 g/mol. The van der Waals surface area contributed by atoms with Gasteiger partial charge in [-0.05, 0) is 64.6 Å². The lowest BCUT2D eigenvalue weighted by Crippen LogP contribution is -2.02.